The Morgan fingerprint density at radius 1 is 1.42 bits per heavy atom. The Hall–Kier alpha value is -1.84. The maximum atomic E-state index is 11.5. The van der Waals surface area contributed by atoms with Gasteiger partial charge in [0.05, 0.1) is 13.0 Å². The molecule has 0 fully saturated rings. The number of hydrogen-bond donors (Lipinski definition) is 1. The molecule has 19 heavy (non-hydrogen) atoms. The van der Waals surface area contributed by atoms with Gasteiger partial charge in [-0.1, -0.05) is 13.0 Å². The van der Waals surface area contributed by atoms with E-state index in [4.69, 9.17) is 4.74 Å². The number of rotatable bonds is 4. The summed E-state index contributed by atoms with van der Waals surface area (Å²) in [4.78, 5) is 22.4. The van der Waals surface area contributed by atoms with Crippen molar-refractivity contribution >= 4 is 17.4 Å². The Balaban J connectivity index is 2.12. The monoisotopic (exact) mass is 261 g/mol. The normalized spacial score (nSPS) is 17.3. The zero-order valence-electron chi connectivity index (χ0n) is 11.4. The van der Waals surface area contributed by atoms with Crippen LogP contribution >= 0.6 is 0 Å². The van der Waals surface area contributed by atoms with Crippen molar-refractivity contribution in [3.8, 4) is 5.75 Å². The lowest BCUT2D eigenvalue weighted by molar-refractivity contribution is -0.124. The highest BCUT2D eigenvalue weighted by molar-refractivity contribution is 6.03. The summed E-state index contributed by atoms with van der Waals surface area (Å²) in [5, 5.41) is 2.72. The highest BCUT2D eigenvalue weighted by Crippen LogP contribution is 2.37. The second-order valence-corrected chi connectivity index (χ2v) is 4.92. The summed E-state index contributed by atoms with van der Waals surface area (Å²) >= 11 is 0. The van der Waals surface area contributed by atoms with Crippen LogP contribution in [0.1, 0.15) is 44.6 Å². The second kappa shape index (κ2) is 5.87. The number of benzene rings is 1. The second-order valence-electron chi connectivity index (χ2n) is 4.92. The van der Waals surface area contributed by atoms with Gasteiger partial charge in [-0.2, -0.15) is 0 Å². The minimum Gasteiger partial charge on any atom is -0.493 e. The van der Waals surface area contributed by atoms with Crippen LogP contribution in [0.4, 0.5) is 5.69 Å². The fraction of sp³-hybridized carbons (Fsp3) is 0.467. The SMILES string of the molecule is CCC1CCOc2cc(NC(=O)CC(C)=O)ccc21. The van der Waals surface area contributed by atoms with E-state index in [9.17, 15) is 9.59 Å². The number of carbonyl (C=O) groups excluding carboxylic acids is 2. The Bertz CT molecular complexity index is 496. The Morgan fingerprint density at radius 2 is 2.21 bits per heavy atom. The molecular formula is C15H19NO3. The zero-order chi connectivity index (χ0) is 13.8. The maximum absolute atomic E-state index is 11.5. The van der Waals surface area contributed by atoms with Crippen molar-refractivity contribution in [2.75, 3.05) is 11.9 Å². The molecule has 1 aromatic carbocycles. The average molecular weight is 261 g/mol. The molecule has 1 aliphatic rings. The van der Waals surface area contributed by atoms with Crippen LogP contribution in [-0.4, -0.2) is 18.3 Å². The van der Waals surface area contributed by atoms with Gasteiger partial charge in [-0.25, -0.2) is 0 Å². The van der Waals surface area contributed by atoms with Gasteiger partial charge in [0.15, 0.2) is 0 Å². The average Bonchev–Trinajstić information content (AvgIpc) is 2.36. The lowest BCUT2D eigenvalue weighted by atomic mass is 9.91. The van der Waals surface area contributed by atoms with Crippen molar-refractivity contribution in [2.24, 2.45) is 0 Å². The molecule has 1 heterocycles. The van der Waals surface area contributed by atoms with Crippen molar-refractivity contribution < 1.29 is 14.3 Å². The van der Waals surface area contributed by atoms with Crippen LogP contribution in [0.2, 0.25) is 0 Å². The molecule has 0 saturated carbocycles. The Kier molecular flexibility index (Phi) is 4.20. The van der Waals surface area contributed by atoms with Crippen LogP contribution < -0.4 is 10.1 Å². The smallest absolute Gasteiger partial charge is 0.231 e. The molecule has 1 aliphatic heterocycles. The van der Waals surface area contributed by atoms with Crippen molar-refractivity contribution in [1.29, 1.82) is 0 Å². The quantitative estimate of drug-likeness (QED) is 0.848. The summed E-state index contributed by atoms with van der Waals surface area (Å²) in [6, 6.07) is 5.72. The van der Waals surface area contributed by atoms with Crippen LogP contribution in [0, 0.1) is 0 Å². The van der Waals surface area contributed by atoms with Gasteiger partial charge in [-0.3, -0.25) is 9.59 Å². The van der Waals surface area contributed by atoms with Crippen LogP contribution in [0.3, 0.4) is 0 Å². The van der Waals surface area contributed by atoms with Crippen LogP contribution in [-0.2, 0) is 9.59 Å². The topological polar surface area (TPSA) is 55.4 Å². The van der Waals surface area contributed by atoms with Gasteiger partial charge in [-0.05, 0) is 37.3 Å². The number of hydrogen-bond acceptors (Lipinski definition) is 3. The summed E-state index contributed by atoms with van der Waals surface area (Å²) in [7, 11) is 0. The first-order valence-electron chi connectivity index (χ1n) is 6.66. The number of ether oxygens (including phenoxy) is 1. The van der Waals surface area contributed by atoms with E-state index in [1.165, 1.54) is 12.5 Å². The Labute approximate surface area is 113 Å². The third-order valence-corrected chi connectivity index (χ3v) is 3.36. The summed E-state index contributed by atoms with van der Waals surface area (Å²) < 4.78 is 5.64. The highest BCUT2D eigenvalue weighted by Gasteiger charge is 2.20. The van der Waals surface area contributed by atoms with E-state index in [0.29, 0.717) is 11.6 Å². The molecule has 1 unspecified atom stereocenters. The lowest BCUT2D eigenvalue weighted by Gasteiger charge is -2.25. The fourth-order valence-electron chi connectivity index (χ4n) is 2.40. The predicted octanol–water partition coefficient (Wildman–Crippen LogP) is 2.88. The molecule has 0 radical (unpaired) electrons. The van der Waals surface area contributed by atoms with Gasteiger partial charge in [0.1, 0.15) is 11.5 Å². The van der Waals surface area contributed by atoms with Crippen LogP contribution in [0.25, 0.3) is 0 Å². The van der Waals surface area contributed by atoms with Gasteiger partial charge >= 0.3 is 0 Å². The van der Waals surface area contributed by atoms with E-state index in [1.807, 2.05) is 18.2 Å². The molecule has 0 aromatic heterocycles. The van der Waals surface area contributed by atoms with Gasteiger partial charge in [0.2, 0.25) is 5.91 Å². The largest absolute Gasteiger partial charge is 0.493 e. The molecular weight excluding hydrogens is 242 g/mol. The molecule has 0 spiro atoms. The molecule has 1 N–H and O–H groups in total. The molecule has 1 aromatic rings. The van der Waals surface area contributed by atoms with E-state index >= 15 is 0 Å². The molecule has 0 bridgehead atoms. The molecule has 0 aliphatic carbocycles. The first-order valence-corrected chi connectivity index (χ1v) is 6.66. The van der Waals surface area contributed by atoms with E-state index in [1.54, 1.807) is 0 Å². The fourth-order valence-corrected chi connectivity index (χ4v) is 2.40. The third kappa shape index (κ3) is 3.34. The standard InChI is InChI=1S/C15H19NO3/c1-3-11-6-7-19-14-9-12(4-5-13(11)14)16-15(18)8-10(2)17/h4-5,9,11H,3,6-8H2,1-2H3,(H,16,18). The Morgan fingerprint density at radius 3 is 2.89 bits per heavy atom. The summed E-state index contributed by atoms with van der Waals surface area (Å²) in [6.45, 7) is 4.29. The van der Waals surface area contributed by atoms with Gasteiger partial charge < -0.3 is 10.1 Å². The molecule has 2 rings (SSSR count). The summed E-state index contributed by atoms with van der Waals surface area (Å²) in [6.07, 6.45) is 2.04. The van der Waals surface area contributed by atoms with E-state index < -0.39 is 0 Å². The summed E-state index contributed by atoms with van der Waals surface area (Å²) in [5.74, 6) is 0.956. The van der Waals surface area contributed by atoms with E-state index in [-0.39, 0.29) is 18.1 Å². The van der Waals surface area contributed by atoms with Crippen molar-refractivity contribution in [2.45, 2.75) is 39.0 Å². The maximum Gasteiger partial charge on any atom is 0.231 e. The van der Waals surface area contributed by atoms with Gasteiger partial charge in [-0.15, -0.1) is 0 Å². The minimum atomic E-state index is -0.282. The van der Waals surface area contributed by atoms with Gasteiger partial charge in [0.25, 0.3) is 0 Å². The molecule has 4 heteroatoms. The molecule has 4 nitrogen and oxygen atoms in total. The minimum absolute atomic E-state index is 0.0878. The predicted molar refractivity (Wildman–Crippen MR) is 73.5 cm³/mol. The summed E-state index contributed by atoms with van der Waals surface area (Å²) in [5.41, 5.74) is 1.89. The van der Waals surface area contributed by atoms with Crippen molar-refractivity contribution in [1.82, 2.24) is 0 Å². The molecule has 102 valence electrons. The number of fused-ring (bicyclic) bond motifs is 1. The molecule has 1 amide bonds. The molecule has 1 atom stereocenters. The zero-order valence-corrected chi connectivity index (χ0v) is 11.4. The van der Waals surface area contributed by atoms with Gasteiger partial charge in [0, 0.05) is 11.8 Å². The number of amides is 1. The van der Waals surface area contributed by atoms with Crippen molar-refractivity contribution in [3.05, 3.63) is 23.8 Å². The number of carbonyl (C=O) groups is 2. The number of anilines is 1. The van der Waals surface area contributed by atoms with Crippen LogP contribution in [0.5, 0.6) is 5.75 Å². The first-order chi connectivity index (χ1) is 9.10. The van der Waals surface area contributed by atoms with Crippen molar-refractivity contribution in [3.63, 3.8) is 0 Å². The molecule has 0 saturated heterocycles. The number of Topliss-reactive ketones (excluding diaryl/α,β-unsaturated/α-hetero) is 1. The number of ketones is 1. The number of nitrogens with one attached hydrogen (secondary N) is 1. The van der Waals surface area contributed by atoms with E-state index in [2.05, 4.69) is 12.2 Å². The lowest BCUT2D eigenvalue weighted by Crippen LogP contribution is -2.16. The van der Waals surface area contributed by atoms with E-state index in [0.717, 1.165) is 25.2 Å². The first kappa shape index (κ1) is 13.6. The third-order valence-electron chi connectivity index (χ3n) is 3.36. The van der Waals surface area contributed by atoms with Crippen LogP contribution in [0.15, 0.2) is 18.2 Å². The highest BCUT2D eigenvalue weighted by atomic mass is 16.5.